The Hall–Kier alpha value is -4.22. The van der Waals surface area contributed by atoms with E-state index in [4.69, 9.17) is 16.1 Å². The number of aromatic nitrogens is 1. The van der Waals surface area contributed by atoms with Crippen molar-refractivity contribution in [1.82, 2.24) is 5.16 Å². The molecule has 12 heteroatoms. The number of carbonyl (C=O) groups is 1. The molecule has 190 valence electrons. The predicted molar refractivity (Wildman–Crippen MR) is 138 cm³/mol. The Kier molecular flexibility index (Phi) is 7.55. The summed E-state index contributed by atoms with van der Waals surface area (Å²) < 4.78 is 32.5. The Labute approximate surface area is 217 Å². The number of rotatable bonds is 10. The van der Waals surface area contributed by atoms with Crippen molar-refractivity contribution in [2.24, 2.45) is 0 Å². The summed E-state index contributed by atoms with van der Waals surface area (Å²) in [4.78, 5) is 23.5. The monoisotopic (exact) mass is 540 g/mol. The molecule has 0 saturated heterocycles. The van der Waals surface area contributed by atoms with Gasteiger partial charge in [-0.15, -0.1) is 0 Å². The van der Waals surface area contributed by atoms with E-state index in [2.05, 4.69) is 15.2 Å². The molecule has 3 aromatic carbocycles. The van der Waals surface area contributed by atoms with Crippen molar-refractivity contribution >= 4 is 44.6 Å². The number of anilines is 2. The molecule has 1 aromatic heterocycles. The van der Waals surface area contributed by atoms with Crippen molar-refractivity contribution < 1.29 is 22.7 Å². The number of nitrogens with one attached hydrogen (secondary N) is 2. The van der Waals surface area contributed by atoms with E-state index in [9.17, 15) is 23.3 Å². The molecule has 0 aliphatic carbocycles. The van der Waals surface area contributed by atoms with Crippen LogP contribution in [0.25, 0.3) is 0 Å². The molecule has 10 nitrogen and oxygen atoms in total. The number of benzene rings is 3. The van der Waals surface area contributed by atoms with Crippen LogP contribution in [0, 0.1) is 17.0 Å². The number of Topliss-reactive ketones (excluding diaryl/α,β-unsaturated/α-hetero) is 1. The first kappa shape index (κ1) is 25.9. The van der Waals surface area contributed by atoms with Gasteiger partial charge in [-0.2, -0.15) is 0 Å². The Morgan fingerprint density at radius 2 is 1.70 bits per heavy atom. The quantitative estimate of drug-likeness (QED) is 0.146. The highest BCUT2D eigenvalue weighted by molar-refractivity contribution is 7.92. The van der Waals surface area contributed by atoms with Crippen molar-refractivity contribution in [2.45, 2.75) is 24.3 Å². The van der Waals surface area contributed by atoms with Crippen LogP contribution in [-0.4, -0.2) is 24.3 Å². The van der Waals surface area contributed by atoms with Crippen molar-refractivity contribution in [2.75, 3.05) is 10.0 Å². The molecule has 1 atom stereocenters. The minimum atomic E-state index is -3.90. The minimum Gasteiger partial charge on any atom is -0.378 e. The van der Waals surface area contributed by atoms with Gasteiger partial charge in [0.25, 0.3) is 15.7 Å². The number of halogens is 1. The Bertz CT molecular complexity index is 1520. The van der Waals surface area contributed by atoms with E-state index in [1.165, 1.54) is 30.3 Å². The molecule has 0 bridgehead atoms. The zero-order valence-corrected chi connectivity index (χ0v) is 21.0. The van der Waals surface area contributed by atoms with Crippen LogP contribution in [0.15, 0.2) is 88.3 Å². The minimum absolute atomic E-state index is 0.00262. The van der Waals surface area contributed by atoms with Crippen LogP contribution in [-0.2, 0) is 10.0 Å². The number of nitro groups is 1. The van der Waals surface area contributed by atoms with Crippen LogP contribution in [0.2, 0.25) is 5.02 Å². The largest absolute Gasteiger partial charge is 0.378 e. The smallest absolute Gasteiger partial charge is 0.269 e. The molecule has 0 radical (unpaired) electrons. The van der Waals surface area contributed by atoms with Crippen LogP contribution in [0.1, 0.15) is 34.1 Å². The number of non-ortho nitro benzene ring substituents is 1. The van der Waals surface area contributed by atoms with Crippen LogP contribution >= 0.6 is 11.6 Å². The fraction of sp³-hybridized carbons (Fsp3) is 0.120. The van der Waals surface area contributed by atoms with Gasteiger partial charge < -0.3 is 9.84 Å². The Morgan fingerprint density at radius 3 is 2.27 bits per heavy atom. The van der Waals surface area contributed by atoms with Crippen molar-refractivity contribution in [3.63, 3.8) is 0 Å². The summed E-state index contributed by atoms with van der Waals surface area (Å²) in [6, 6.07) is 19.2. The molecule has 0 saturated carbocycles. The van der Waals surface area contributed by atoms with Gasteiger partial charge in [-0.25, -0.2) is 8.42 Å². The molecule has 0 spiro atoms. The van der Waals surface area contributed by atoms with Gasteiger partial charge in [0.15, 0.2) is 11.6 Å². The first-order valence-electron chi connectivity index (χ1n) is 11.0. The topological polar surface area (TPSA) is 144 Å². The summed E-state index contributed by atoms with van der Waals surface area (Å²) in [5.74, 6) is 0.361. The third-order valence-corrected chi connectivity index (χ3v) is 7.06. The summed E-state index contributed by atoms with van der Waals surface area (Å²) in [6.07, 6.45) is 0.0343. The Balaban J connectivity index is 1.56. The van der Waals surface area contributed by atoms with Crippen LogP contribution in [0.4, 0.5) is 17.2 Å². The summed E-state index contributed by atoms with van der Waals surface area (Å²) >= 11 is 5.92. The Morgan fingerprint density at radius 1 is 1.05 bits per heavy atom. The average molecular weight is 541 g/mol. The molecule has 4 aromatic rings. The maximum Gasteiger partial charge on any atom is 0.269 e. The van der Waals surface area contributed by atoms with Crippen LogP contribution in [0.5, 0.6) is 0 Å². The van der Waals surface area contributed by atoms with Gasteiger partial charge in [0.1, 0.15) is 5.76 Å². The number of hydrogen-bond acceptors (Lipinski definition) is 8. The van der Waals surface area contributed by atoms with Gasteiger partial charge in [-0.1, -0.05) is 28.9 Å². The molecule has 0 fully saturated rings. The van der Waals surface area contributed by atoms with Crippen molar-refractivity contribution in [3.05, 3.63) is 111 Å². The number of ketones is 1. The average Bonchev–Trinajstić information content (AvgIpc) is 3.28. The van der Waals surface area contributed by atoms with Gasteiger partial charge >= 0.3 is 0 Å². The molecular formula is C25H21ClN4O6S. The number of carbonyl (C=O) groups excluding carboxylic acids is 1. The van der Waals surface area contributed by atoms with Crippen LogP contribution in [0.3, 0.4) is 0 Å². The van der Waals surface area contributed by atoms with E-state index in [1.807, 2.05) is 0 Å². The predicted octanol–water partition coefficient (Wildman–Crippen LogP) is 5.77. The highest BCUT2D eigenvalue weighted by Crippen LogP contribution is 2.28. The molecular weight excluding hydrogens is 520 g/mol. The lowest BCUT2D eigenvalue weighted by atomic mass is 9.97. The number of sulfonamides is 1. The number of nitrogens with zero attached hydrogens (tertiary/aromatic N) is 2. The molecule has 1 heterocycles. The van der Waals surface area contributed by atoms with E-state index in [-0.39, 0.29) is 28.6 Å². The third-order valence-electron chi connectivity index (χ3n) is 5.43. The zero-order valence-electron chi connectivity index (χ0n) is 19.4. The van der Waals surface area contributed by atoms with E-state index in [0.29, 0.717) is 27.6 Å². The van der Waals surface area contributed by atoms with Gasteiger partial charge in [0.05, 0.1) is 15.9 Å². The van der Waals surface area contributed by atoms with Crippen molar-refractivity contribution in [3.8, 4) is 0 Å². The standard InChI is InChI=1S/C25H21ClN4O6S/c1-16-14-25(28-36-16)29-37(34,35)22-12-8-20(9-13-22)27-23(17-4-10-21(11-5-17)30(32)33)15-24(31)18-2-6-19(26)7-3-18/h2-14,23,27H,15H2,1H3,(H,28,29). The molecule has 0 aliphatic heterocycles. The fourth-order valence-electron chi connectivity index (χ4n) is 3.56. The molecule has 1 unspecified atom stereocenters. The zero-order chi connectivity index (χ0) is 26.6. The number of nitro benzene ring substituents is 1. The van der Waals surface area contributed by atoms with Gasteiger partial charge in [0.2, 0.25) is 0 Å². The fourth-order valence-corrected chi connectivity index (χ4v) is 4.67. The first-order chi connectivity index (χ1) is 17.6. The first-order valence-corrected chi connectivity index (χ1v) is 12.8. The molecule has 4 rings (SSSR count). The number of hydrogen-bond donors (Lipinski definition) is 2. The maximum atomic E-state index is 13.0. The van der Waals surface area contributed by atoms with Gasteiger partial charge in [0, 0.05) is 40.9 Å². The molecule has 0 aliphatic rings. The van der Waals surface area contributed by atoms with E-state index < -0.39 is 21.0 Å². The SMILES string of the molecule is Cc1cc(NS(=O)(=O)c2ccc(NC(CC(=O)c3ccc(Cl)cc3)c3ccc([N+](=O)[O-])cc3)cc2)no1. The van der Waals surface area contributed by atoms with E-state index >= 15 is 0 Å². The normalized spacial score (nSPS) is 12.1. The molecule has 0 amide bonds. The maximum absolute atomic E-state index is 13.0. The summed E-state index contributed by atoms with van der Waals surface area (Å²) in [5.41, 5.74) is 1.58. The summed E-state index contributed by atoms with van der Waals surface area (Å²) in [6.45, 7) is 1.64. The second kappa shape index (κ2) is 10.8. The highest BCUT2D eigenvalue weighted by Gasteiger charge is 2.20. The van der Waals surface area contributed by atoms with E-state index in [0.717, 1.165) is 0 Å². The van der Waals surface area contributed by atoms with Crippen LogP contribution < -0.4 is 10.0 Å². The molecule has 37 heavy (non-hydrogen) atoms. The molecule has 2 N–H and O–H groups in total. The lowest BCUT2D eigenvalue weighted by Crippen LogP contribution is -2.16. The van der Waals surface area contributed by atoms with Gasteiger partial charge in [-0.3, -0.25) is 19.6 Å². The summed E-state index contributed by atoms with van der Waals surface area (Å²) in [7, 11) is -3.90. The third kappa shape index (κ3) is 6.51. The highest BCUT2D eigenvalue weighted by atomic mass is 35.5. The van der Waals surface area contributed by atoms with E-state index in [1.54, 1.807) is 55.5 Å². The summed E-state index contributed by atoms with van der Waals surface area (Å²) in [5, 5.41) is 18.4. The second-order valence-electron chi connectivity index (χ2n) is 8.13. The lowest BCUT2D eigenvalue weighted by molar-refractivity contribution is -0.384. The van der Waals surface area contributed by atoms with Crippen molar-refractivity contribution in [1.29, 1.82) is 0 Å². The lowest BCUT2D eigenvalue weighted by Gasteiger charge is -2.20. The number of aryl methyl sites for hydroxylation is 1. The second-order valence-corrected chi connectivity index (χ2v) is 10.3. The van der Waals surface area contributed by atoms with Gasteiger partial charge in [-0.05, 0) is 61.0 Å².